The number of benzene rings is 1. The van der Waals surface area contributed by atoms with Crippen molar-refractivity contribution in [3.05, 3.63) is 22.7 Å². The van der Waals surface area contributed by atoms with Crippen LogP contribution in [0.15, 0.2) is 12.1 Å². The highest BCUT2D eigenvalue weighted by Gasteiger charge is 2.34. The van der Waals surface area contributed by atoms with Gasteiger partial charge in [0.15, 0.2) is 16.4 Å². The Kier molecular flexibility index (Phi) is 5.54. The van der Waals surface area contributed by atoms with E-state index in [1.54, 1.807) is 12.1 Å². The van der Waals surface area contributed by atoms with E-state index in [-0.39, 0.29) is 30.0 Å². The number of amides is 1. The number of nitrogens with one attached hydrogen (secondary N) is 2. The molecule has 0 aromatic heterocycles. The van der Waals surface area contributed by atoms with Gasteiger partial charge in [-0.15, -0.1) is 0 Å². The van der Waals surface area contributed by atoms with E-state index < -0.39 is 9.84 Å². The van der Waals surface area contributed by atoms with E-state index in [4.69, 9.17) is 16.3 Å². The molecule has 1 aromatic carbocycles. The van der Waals surface area contributed by atoms with Crippen molar-refractivity contribution in [3.8, 4) is 5.75 Å². The molecule has 1 aliphatic rings. The second-order valence-corrected chi connectivity index (χ2v) is 8.61. The average molecular weight is 362 g/mol. The summed E-state index contributed by atoms with van der Waals surface area (Å²) < 4.78 is 28.3. The first-order valence-corrected chi connectivity index (χ1v) is 9.58. The summed E-state index contributed by atoms with van der Waals surface area (Å²) in [6, 6.07) is 3.39. The molecule has 1 fully saturated rings. The highest BCUT2D eigenvalue weighted by Crippen LogP contribution is 2.30. The zero-order valence-corrected chi connectivity index (χ0v) is 15.1. The zero-order chi connectivity index (χ0) is 17.2. The maximum atomic E-state index is 12.2. The first kappa shape index (κ1) is 18.0. The Morgan fingerprint density at radius 2 is 2.17 bits per heavy atom. The molecule has 6 nitrogen and oxygen atoms in total. The number of halogens is 1. The predicted molar refractivity (Wildman–Crippen MR) is 90.2 cm³/mol. The van der Waals surface area contributed by atoms with Crippen LogP contribution in [0.1, 0.15) is 12.0 Å². The Balaban J connectivity index is 2.01. The molecule has 0 bridgehead atoms. The molecule has 0 spiro atoms. The van der Waals surface area contributed by atoms with Crippen molar-refractivity contribution in [1.29, 1.82) is 0 Å². The predicted octanol–water partition coefficient (Wildman–Crippen LogP) is 0.297. The second-order valence-electron chi connectivity index (χ2n) is 5.97. The lowest BCUT2D eigenvalue weighted by molar-refractivity contribution is -0.894. The van der Waals surface area contributed by atoms with Crippen molar-refractivity contribution in [2.24, 2.45) is 0 Å². The van der Waals surface area contributed by atoms with Crippen LogP contribution in [0.4, 0.5) is 5.69 Å². The number of likely N-dealkylation sites (N-methyl/N-ethyl adjacent to an activating group) is 1. The number of sulfone groups is 1. The summed E-state index contributed by atoms with van der Waals surface area (Å²) >= 11 is 6.04. The number of methoxy groups -OCH3 is 1. The summed E-state index contributed by atoms with van der Waals surface area (Å²) in [5.41, 5.74) is 1.40. The Morgan fingerprint density at radius 3 is 2.74 bits per heavy atom. The van der Waals surface area contributed by atoms with Crippen LogP contribution in [0.2, 0.25) is 5.02 Å². The van der Waals surface area contributed by atoms with Crippen LogP contribution in [0.5, 0.6) is 5.75 Å². The van der Waals surface area contributed by atoms with Crippen molar-refractivity contribution in [2.75, 3.05) is 37.5 Å². The van der Waals surface area contributed by atoms with E-state index in [1.807, 2.05) is 14.0 Å². The quantitative estimate of drug-likeness (QED) is 0.790. The minimum absolute atomic E-state index is 0.0281. The van der Waals surface area contributed by atoms with Gasteiger partial charge in [-0.05, 0) is 18.6 Å². The molecule has 1 aliphatic heterocycles. The van der Waals surface area contributed by atoms with Gasteiger partial charge in [0.25, 0.3) is 5.91 Å². The van der Waals surface area contributed by atoms with Crippen LogP contribution in [-0.2, 0) is 14.6 Å². The van der Waals surface area contributed by atoms with Crippen molar-refractivity contribution in [1.82, 2.24) is 0 Å². The molecule has 2 rings (SSSR count). The number of carbonyl (C=O) groups is 1. The summed E-state index contributed by atoms with van der Waals surface area (Å²) in [5, 5.41) is 3.38. The second kappa shape index (κ2) is 7.07. The largest absolute Gasteiger partial charge is 0.495 e. The summed E-state index contributed by atoms with van der Waals surface area (Å²) in [5.74, 6) is 0.665. The normalized spacial score (nSPS) is 21.0. The number of aryl methyl sites for hydroxylation is 1. The van der Waals surface area contributed by atoms with Gasteiger partial charge in [0.2, 0.25) is 0 Å². The Labute approximate surface area is 141 Å². The first-order valence-electron chi connectivity index (χ1n) is 7.38. The SMILES string of the molecule is COc1cc(Cl)c(C)cc1NC(=O)C[NH+](C)[C@H]1CCS(=O)(=O)C1. The monoisotopic (exact) mass is 361 g/mol. The number of hydrogen-bond acceptors (Lipinski definition) is 4. The van der Waals surface area contributed by atoms with Gasteiger partial charge >= 0.3 is 0 Å². The minimum Gasteiger partial charge on any atom is -0.495 e. The van der Waals surface area contributed by atoms with Gasteiger partial charge in [-0.2, -0.15) is 0 Å². The fourth-order valence-electron chi connectivity index (χ4n) is 2.71. The molecule has 0 radical (unpaired) electrons. The van der Waals surface area contributed by atoms with E-state index in [0.717, 1.165) is 10.5 Å². The summed E-state index contributed by atoms with van der Waals surface area (Å²) in [6.07, 6.45) is 0.602. The maximum absolute atomic E-state index is 12.2. The summed E-state index contributed by atoms with van der Waals surface area (Å²) in [4.78, 5) is 13.1. The van der Waals surface area contributed by atoms with Gasteiger partial charge < -0.3 is 15.0 Å². The Bertz CT molecular complexity index is 706. The highest BCUT2D eigenvalue weighted by molar-refractivity contribution is 7.91. The minimum atomic E-state index is -2.94. The summed E-state index contributed by atoms with van der Waals surface area (Å²) in [7, 11) is 0.411. The van der Waals surface area contributed by atoms with Crippen LogP contribution in [-0.4, -0.2) is 52.6 Å². The van der Waals surface area contributed by atoms with Gasteiger partial charge in [0.1, 0.15) is 17.5 Å². The van der Waals surface area contributed by atoms with Crippen LogP contribution in [0, 0.1) is 6.92 Å². The molecule has 1 amide bonds. The molecule has 23 heavy (non-hydrogen) atoms. The van der Waals surface area contributed by atoms with E-state index in [2.05, 4.69) is 5.32 Å². The molecule has 1 unspecified atom stereocenters. The molecule has 8 heteroatoms. The smallest absolute Gasteiger partial charge is 0.279 e. The fraction of sp³-hybridized carbons (Fsp3) is 0.533. The van der Waals surface area contributed by atoms with Crippen LogP contribution in [0.25, 0.3) is 0 Å². The number of anilines is 1. The Morgan fingerprint density at radius 1 is 1.48 bits per heavy atom. The molecular weight excluding hydrogens is 340 g/mol. The number of rotatable bonds is 5. The average Bonchev–Trinajstić information content (AvgIpc) is 2.83. The third kappa shape index (κ3) is 4.59. The molecule has 2 N–H and O–H groups in total. The number of quaternary nitrogens is 1. The number of carbonyl (C=O) groups excluding carboxylic acids is 1. The van der Waals surface area contributed by atoms with E-state index in [9.17, 15) is 13.2 Å². The molecule has 1 saturated heterocycles. The lowest BCUT2D eigenvalue weighted by Crippen LogP contribution is -3.14. The summed E-state index contributed by atoms with van der Waals surface area (Å²) in [6.45, 7) is 2.04. The molecule has 1 heterocycles. The number of ether oxygens (including phenoxy) is 1. The van der Waals surface area contributed by atoms with E-state index >= 15 is 0 Å². The molecule has 0 saturated carbocycles. The van der Waals surface area contributed by atoms with Gasteiger partial charge in [-0.25, -0.2) is 8.42 Å². The van der Waals surface area contributed by atoms with Crippen LogP contribution < -0.4 is 15.0 Å². The zero-order valence-electron chi connectivity index (χ0n) is 13.5. The van der Waals surface area contributed by atoms with E-state index in [0.29, 0.717) is 22.9 Å². The highest BCUT2D eigenvalue weighted by atomic mass is 35.5. The van der Waals surface area contributed by atoms with Gasteiger partial charge in [-0.1, -0.05) is 11.6 Å². The third-order valence-corrected chi connectivity index (χ3v) is 6.30. The number of hydrogen-bond donors (Lipinski definition) is 2. The molecular formula is C15H22ClN2O4S+. The van der Waals surface area contributed by atoms with Crippen LogP contribution in [0.3, 0.4) is 0 Å². The first-order chi connectivity index (χ1) is 10.7. The lowest BCUT2D eigenvalue weighted by Gasteiger charge is -2.20. The van der Waals surface area contributed by atoms with Crippen molar-refractivity contribution in [3.63, 3.8) is 0 Å². The standard InChI is InChI=1S/C15H21ClN2O4S/c1-10-6-13(14(22-3)7-12(10)16)17-15(19)8-18(2)11-4-5-23(20,21)9-11/h6-7,11H,4-5,8-9H2,1-3H3,(H,17,19)/p+1/t11-/m0/s1. The molecule has 2 atom stereocenters. The van der Waals surface area contributed by atoms with Crippen LogP contribution >= 0.6 is 11.6 Å². The van der Waals surface area contributed by atoms with E-state index in [1.165, 1.54) is 7.11 Å². The van der Waals surface area contributed by atoms with Gasteiger partial charge in [0, 0.05) is 17.5 Å². The van der Waals surface area contributed by atoms with Crippen molar-refractivity contribution in [2.45, 2.75) is 19.4 Å². The maximum Gasteiger partial charge on any atom is 0.279 e. The van der Waals surface area contributed by atoms with Gasteiger partial charge in [-0.3, -0.25) is 4.79 Å². The van der Waals surface area contributed by atoms with Gasteiger partial charge in [0.05, 0.1) is 25.6 Å². The van der Waals surface area contributed by atoms with Crippen molar-refractivity contribution >= 4 is 33.0 Å². The third-order valence-electron chi connectivity index (χ3n) is 4.12. The molecule has 0 aliphatic carbocycles. The Hall–Kier alpha value is -1.31. The fourth-order valence-corrected chi connectivity index (χ4v) is 4.73. The molecule has 1 aromatic rings. The molecule has 128 valence electrons. The topological polar surface area (TPSA) is 76.9 Å². The van der Waals surface area contributed by atoms with Crippen molar-refractivity contribution < 1.29 is 22.8 Å². The lowest BCUT2D eigenvalue weighted by atomic mass is 10.2.